The summed E-state index contributed by atoms with van der Waals surface area (Å²) in [7, 11) is 0. The second-order valence-corrected chi connectivity index (χ2v) is 6.04. The van der Waals surface area contributed by atoms with Crippen molar-refractivity contribution in [3.63, 3.8) is 0 Å². The van der Waals surface area contributed by atoms with Gasteiger partial charge in [-0.15, -0.1) is 0 Å². The average Bonchev–Trinajstić information content (AvgIpc) is 2.42. The maximum absolute atomic E-state index is 12.2. The second-order valence-electron chi connectivity index (χ2n) is 6.04. The highest BCUT2D eigenvalue weighted by atomic mass is 16.5. The van der Waals surface area contributed by atoms with Crippen LogP contribution in [0.3, 0.4) is 0 Å². The lowest BCUT2D eigenvalue weighted by Gasteiger charge is -2.50. The van der Waals surface area contributed by atoms with Gasteiger partial charge in [0.25, 0.3) is 0 Å². The van der Waals surface area contributed by atoms with E-state index in [1.807, 2.05) is 0 Å². The number of carbonyl (C=O) groups is 2. The second kappa shape index (κ2) is 4.25. The molecule has 0 aromatic heterocycles. The molecule has 3 saturated heterocycles. The van der Waals surface area contributed by atoms with E-state index in [9.17, 15) is 9.59 Å². The van der Waals surface area contributed by atoms with E-state index < -0.39 is 0 Å². The molecule has 4 heteroatoms. The van der Waals surface area contributed by atoms with E-state index in [-0.39, 0.29) is 22.8 Å². The Labute approximate surface area is 107 Å². The topological polar surface area (TPSA) is 52.6 Å². The Hall–Kier alpha value is -1.06. The third-order valence-electron chi connectivity index (χ3n) is 5.12. The van der Waals surface area contributed by atoms with Gasteiger partial charge in [-0.1, -0.05) is 0 Å². The van der Waals surface area contributed by atoms with Gasteiger partial charge in [0.1, 0.15) is 0 Å². The lowest BCUT2D eigenvalue weighted by Crippen LogP contribution is -2.50. The van der Waals surface area contributed by atoms with Gasteiger partial charge in [0, 0.05) is 0 Å². The quantitative estimate of drug-likeness (QED) is 0.620. The first-order chi connectivity index (χ1) is 8.67. The van der Waals surface area contributed by atoms with Crippen LogP contribution in [-0.2, 0) is 19.1 Å². The molecule has 6 fully saturated rings. The summed E-state index contributed by atoms with van der Waals surface area (Å²) in [6.45, 7) is 0.923. The van der Waals surface area contributed by atoms with Gasteiger partial charge in [-0.25, -0.2) is 0 Å². The minimum atomic E-state index is -0.290. The summed E-state index contributed by atoms with van der Waals surface area (Å²) >= 11 is 0. The lowest BCUT2D eigenvalue weighted by molar-refractivity contribution is -0.180. The molecular formula is C14H20O4. The molecule has 0 atom stereocenters. The van der Waals surface area contributed by atoms with Crippen molar-refractivity contribution < 1.29 is 19.1 Å². The third-order valence-corrected chi connectivity index (χ3v) is 5.12. The van der Waals surface area contributed by atoms with E-state index in [0.29, 0.717) is 13.2 Å². The van der Waals surface area contributed by atoms with Crippen LogP contribution in [0, 0.1) is 10.8 Å². The molecule has 0 aromatic carbocycles. The molecular weight excluding hydrogens is 232 g/mol. The van der Waals surface area contributed by atoms with Gasteiger partial charge < -0.3 is 9.47 Å². The summed E-state index contributed by atoms with van der Waals surface area (Å²) in [5.74, 6) is -0.0468. The average molecular weight is 252 g/mol. The van der Waals surface area contributed by atoms with Gasteiger partial charge in [0.2, 0.25) is 0 Å². The van der Waals surface area contributed by atoms with Gasteiger partial charge in [-0.3, -0.25) is 9.59 Å². The van der Waals surface area contributed by atoms with Gasteiger partial charge >= 0.3 is 11.9 Å². The Morgan fingerprint density at radius 3 is 1.33 bits per heavy atom. The van der Waals surface area contributed by atoms with Crippen molar-refractivity contribution in [2.75, 3.05) is 13.2 Å². The molecule has 4 nitrogen and oxygen atoms in total. The van der Waals surface area contributed by atoms with Crippen LogP contribution in [0.15, 0.2) is 0 Å². The standard InChI is InChI=1S/C14H20O4/c15-11-13-3-6-14(7-4-13,8-5-13)12(16)18-10-2-1-9-17-11/h1-10H2. The summed E-state index contributed by atoms with van der Waals surface area (Å²) in [6.07, 6.45) is 6.32. The van der Waals surface area contributed by atoms with Crippen molar-refractivity contribution in [2.24, 2.45) is 10.8 Å². The largest absolute Gasteiger partial charge is 0.465 e. The lowest BCUT2D eigenvalue weighted by atomic mass is 9.53. The first-order valence-electron chi connectivity index (χ1n) is 7.02. The van der Waals surface area contributed by atoms with Crippen molar-refractivity contribution in [3.8, 4) is 0 Å². The molecule has 3 aliphatic carbocycles. The molecule has 100 valence electrons. The normalized spacial score (nSPS) is 40.7. The van der Waals surface area contributed by atoms with E-state index in [1.165, 1.54) is 0 Å². The van der Waals surface area contributed by atoms with E-state index in [2.05, 4.69) is 0 Å². The van der Waals surface area contributed by atoms with Gasteiger partial charge in [-0.05, 0) is 51.4 Å². The number of hydrogen-bond donors (Lipinski definition) is 0. The summed E-state index contributed by atoms with van der Waals surface area (Å²) in [4.78, 5) is 24.4. The molecule has 3 heterocycles. The van der Waals surface area contributed by atoms with Crippen LogP contribution in [-0.4, -0.2) is 25.2 Å². The Morgan fingerprint density at radius 2 is 1.00 bits per heavy atom. The van der Waals surface area contributed by atoms with Crippen molar-refractivity contribution in [1.82, 2.24) is 0 Å². The Kier molecular flexibility index (Phi) is 2.83. The highest BCUT2D eigenvalue weighted by molar-refractivity contribution is 5.81. The molecule has 6 rings (SSSR count). The molecule has 0 spiro atoms. The monoisotopic (exact) mass is 252 g/mol. The fourth-order valence-electron chi connectivity index (χ4n) is 3.64. The van der Waals surface area contributed by atoms with E-state index in [4.69, 9.17) is 9.47 Å². The van der Waals surface area contributed by atoms with E-state index in [1.54, 1.807) is 0 Å². The zero-order valence-electron chi connectivity index (χ0n) is 10.7. The maximum Gasteiger partial charge on any atom is 0.312 e. The number of esters is 2. The fourth-order valence-corrected chi connectivity index (χ4v) is 3.64. The molecule has 6 aliphatic rings. The SMILES string of the molecule is O=C1OCCCCOC(=O)C23CCC1(CC2)CC3. The summed E-state index contributed by atoms with van der Waals surface area (Å²) < 4.78 is 10.8. The predicted molar refractivity (Wildman–Crippen MR) is 63.7 cm³/mol. The zero-order valence-corrected chi connectivity index (χ0v) is 10.7. The fraction of sp³-hybridized carbons (Fsp3) is 0.857. The Bertz CT molecular complexity index is 313. The zero-order chi connectivity index (χ0) is 12.6. The molecule has 3 aliphatic heterocycles. The number of ether oxygens (including phenoxy) is 2. The van der Waals surface area contributed by atoms with Crippen molar-refractivity contribution in [1.29, 1.82) is 0 Å². The highest BCUT2D eigenvalue weighted by Gasteiger charge is 2.56. The van der Waals surface area contributed by atoms with Crippen molar-refractivity contribution >= 4 is 11.9 Å². The smallest absolute Gasteiger partial charge is 0.312 e. The van der Waals surface area contributed by atoms with Gasteiger partial charge in [0.15, 0.2) is 0 Å². The number of rotatable bonds is 0. The number of hydrogen-bond acceptors (Lipinski definition) is 4. The van der Waals surface area contributed by atoms with Gasteiger partial charge in [-0.2, -0.15) is 0 Å². The first kappa shape index (κ1) is 12.0. The minimum absolute atomic E-state index is 0.0234. The van der Waals surface area contributed by atoms with Crippen LogP contribution in [0.1, 0.15) is 51.4 Å². The maximum atomic E-state index is 12.2. The van der Waals surface area contributed by atoms with E-state index >= 15 is 0 Å². The summed E-state index contributed by atoms with van der Waals surface area (Å²) in [5.41, 5.74) is -0.581. The minimum Gasteiger partial charge on any atom is -0.465 e. The van der Waals surface area contributed by atoms with Crippen LogP contribution in [0.5, 0.6) is 0 Å². The van der Waals surface area contributed by atoms with Crippen molar-refractivity contribution in [3.05, 3.63) is 0 Å². The molecule has 0 N–H and O–H groups in total. The molecule has 0 radical (unpaired) electrons. The van der Waals surface area contributed by atoms with Crippen LogP contribution >= 0.6 is 0 Å². The van der Waals surface area contributed by atoms with Crippen LogP contribution < -0.4 is 0 Å². The summed E-state index contributed by atoms with van der Waals surface area (Å²) in [5, 5.41) is 0. The molecule has 2 bridgehead atoms. The molecule has 3 saturated carbocycles. The molecule has 18 heavy (non-hydrogen) atoms. The predicted octanol–water partition coefficient (Wildman–Crippen LogP) is 2.21. The Balaban J connectivity index is 1.85. The number of carbonyl (C=O) groups excluding carboxylic acids is 2. The molecule has 0 aromatic rings. The van der Waals surface area contributed by atoms with Crippen LogP contribution in [0.4, 0.5) is 0 Å². The van der Waals surface area contributed by atoms with Crippen molar-refractivity contribution in [2.45, 2.75) is 51.4 Å². The van der Waals surface area contributed by atoms with Gasteiger partial charge in [0.05, 0.1) is 24.0 Å². The van der Waals surface area contributed by atoms with E-state index in [0.717, 1.165) is 51.4 Å². The summed E-state index contributed by atoms with van der Waals surface area (Å²) in [6, 6.07) is 0. The first-order valence-corrected chi connectivity index (χ1v) is 7.02. The van der Waals surface area contributed by atoms with Crippen LogP contribution in [0.2, 0.25) is 0 Å². The van der Waals surface area contributed by atoms with Crippen LogP contribution in [0.25, 0.3) is 0 Å². The third kappa shape index (κ3) is 1.73. The molecule has 0 unspecified atom stereocenters. The highest BCUT2D eigenvalue weighted by Crippen LogP contribution is 2.57. The molecule has 0 amide bonds. The Morgan fingerprint density at radius 1 is 0.667 bits per heavy atom.